The fourth-order valence-electron chi connectivity index (χ4n) is 2.40. The van der Waals surface area contributed by atoms with Gasteiger partial charge in [0.05, 0.1) is 0 Å². The molecule has 0 atom stereocenters. The molecule has 0 saturated heterocycles. The Bertz CT molecular complexity index is 546. The normalized spacial score (nSPS) is 13.3. The van der Waals surface area contributed by atoms with Gasteiger partial charge in [-0.1, -0.05) is 47.6 Å². The van der Waals surface area contributed by atoms with E-state index in [-0.39, 0.29) is 10.8 Å². The molecular weight excluding hydrogens is 284 g/mol. The van der Waals surface area contributed by atoms with Crippen molar-refractivity contribution in [2.75, 3.05) is 27.2 Å². The van der Waals surface area contributed by atoms with E-state index in [0.29, 0.717) is 5.75 Å². The molecule has 1 aromatic rings. The Labute approximate surface area is 142 Å². The van der Waals surface area contributed by atoms with Crippen LogP contribution in [0.4, 0.5) is 0 Å². The van der Waals surface area contributed by atoms with E-state index in [4.69, 9.17) is 0 Å². The van der Waals surface area contributed by atoms with Crippen LogP contribution in [0.25, 0.3) is 0 Å². The summed E-state index contributed by atoms with van der Waals surface area (Å²) in [6.07, 6.45) is 2.85. The first kappa shape index (κ1) is 19.7. The van der Waals surface area contributed by atoms with Gasteiger partial charge in [0.1, 0.15) is 5.75 Å². The maximum Gasteiger partial charge on any atom is 0.128 e. The van der Waals surface area contributed by atoms with Crippen LogP contribution in [-0.4, -0.2) is 43.4 Å². The molecule has 0 saturated carbocycles. The van der Waals surface area contributed by atoms with E-state index >= 15 is 0 Å². The van der Waals surface area contributed by atoms with E-state index in [1.165, 1.54) is 5.56 Å². The Hall–Kier alpha value is -1.35. The highest BCUT2D eigenvalue weighted by atomic mass is 16.3. The summed E-state index contributed by atoms with van der Waals surface area (Å²) in [5, 5.41) is 10.7. The highest BCUT2D eigenvalue weighted by molar-refractivity contribution is 5.85. The third-order valence-electron chi connectivity index (χ3n) is 3.94. The molecule has 0 unspecified atom stereocenters. The zero-order chi connectivity index (χ0) is 17.8. The highest BCUT2D eigenvalue weighted by Gasteiger charge is 2.24. The zero-order valence-corrected chi connectivity index (χ0v) is 16.2. The van der Waals surface area contributed by atoms with Crippen molar-refractivity contribution in [2.24, 2.45) is 4.99 Å². The monoisotopic (exact) mass is 318 g/mol. The first-order valence-electron chi connectivity index (χ1n) is 8.45. The van der Waals surface area contributed by atoms with Crippen LogP contribution in [0.5, 0.6) is 5.75 Å². The molecule has 0 radical (unpaired) electrons. The van der Waals surface area contributed by atoms with Crippen LogP contribution < -0.4 is 0 Å². The molecule has 0 spiro atoms. The van der Waals surface area contributed by atoms with Crippen molar-refractivity contribution in [1.82, 2.24) is 4.90 Å². The van der Waals surface area contributed by atoms with Crippen molar-refractivity contribution in [3.8, 4) is 5.75 Å². The van der Waals surface area contributed by atoms with Gasteiger partial charge in [-0.3, -0.25) is 4.99 Å². The number of benzene rings is 1. The van der Waals surface area contributed by atoms with Crippen LogP contribution in [-0.2, 0) is 10.8 Å². The predicted octanol–water partition coefficient (Wildman–Crippen LogP) is 4.36. The number of hydrogen-bond acceptors (Lipinski definition) is 3. The van der Waals surface area contributed by atoms with Crippen molar-refractivity contribution >= 4 is 6.21 Å². The Kier molecular flexibility index (Phi) is 6.41. The molecule has 3 heteroatoms. The van der Waals surface area contributed by atoms with Crippen LogP contribution in [0, 0.1) is 0 Å². The molecule has 0 bridgehead atoms. The minimum absolute atomic E-state index is 0.0429. The van der Waals surface area contributed by atoms with E-state index in [1.807, 2.05) is 6.21 Å². The van der Waals surface area contributed by atoms with Crippen molar-refractivity contribution in [1.29, 1.82) is 0 Å². The van der Waals surface area contributed by atoms with E-state index in [0.717, 1.165) is 30.6 Å². The first-order chi connectivity index (χ1) is 10.4. The minimum Gasteiger partial charge on any atom is -0.507 e. The van der Waals surface area contributed by atoms with E-state index in [2.05, 4.69) is 77.7 Å². The molecule has 3 nitrogen and oxygen atoms in total. The summed E-state index contributed by atoms with van der Waals surface area (Å²) >= 11 is 0. The molecule has 0 aliphatic rings. The highest BCUT2D eigenvalue weighted by Crippen LogP contribution is 2.37. The summed E-state index contributed by atoms with van der Waals surface area (Å²) in [7, 11) is 4.13. The largest absolute Gasteiger partial charge is 0.507 e. The van der Waals surface area contributed by atoms with Gasteiger partial charge >= 0.3 is 0 Å². The second-order valence-electron chi connectivity index (χ2n) is 8.65. The van der Waals surface area contributed by atoms with Crippen molar-refractivity contribution in [2.45, 2.75) is 58.8 Å². The number of aliphatic imine (C=N–C) groups is 1. The van der Waals surface area contributed by atoms with Crippen LogP contribution >= 0.6 is 0 Å². The number of aromatic hydroxyl groups is 1. The molecule has 0 aliphatic heterocycles. The lowest BCUT2D eigenvalue weighted by Crippen LogP contribution is -2.17. The Balaban J connectivity index is 3.13. The number of nitrogens with zero attached hydrogens (tertiary/aromatic N) is 2. The molecule has 0 amide bonds. The number of phenols is 1. The summed E-state index contributed by atoms with van der Waals surface area (Å²) < 4.78 is 0. The topological polar surface area (TPSA) is 35.8 Å². The molecule has 1 aromatic carbocycles. The number of phenolic OH excluding ortho intramolecular Hbond substituents is 1. The fraction of sp³-hybridized carbons (Fsp3) is 0.650. The van der Waals surface area contributed by atoms with E-state index in [9.17, 15) is 5.11 Å². The molecule has 0 aliphatic carbocycles. The number of rotatable bonds is 5. The molecular formula is C20H34N2O. The average molecular weight is 319 g/mol. The minimum atomic E-state index is -0.0984. The lowest BCUT2D eigenvalue weighted by molar-refractivity contribution is 0.403. The third-order valence-corrected chi connectivity index (χ3v) is 3.94. The second-order valence-corrected chi connectivity index (χ2v) is 8.65. The van der Waals surface area contributed by atoms with Crippen molar-refractivity contribution in [3.05, 3.63) is 28.8 Å². The van der Waals surface area contributed by atoms with Crippen LogP contribution in [0.15, 0.2) is 17.1 Å². The van der Waals surface area contributed by atoms with Crippen LogP contribution in [0.1, 0.15) is 64.7 Å². The molecule has 0 aromatic heterocycles. The standard InChI is InChI=1S/C20H34N2O/c1-19(2,3)16-12-15(14-21-10-9-11-22(7)8)18(23)17(13-16)20(4,5)6/h12-14,23H,9-11H2,1-8H3. The van der Waals surface area contributed by atoms with Gasteiger partial charge in [-0.25, -0.2) is 0 Å². The molecule has 0 fully saturated rings. The Morgan fingerprint density at radius 1 is 1.04 bits per heavy atom. The zero-order valence-electron chi connectivity index (χ0n) is 16.2. The lowest BCUT2D eigenvalue weighted by atomic mass is 9.79. The fourth-order valence-corrected chi connectivity index (χ4v) is 2.40. The quantitative estimate of drug-likeness (QED) is 0.647. The molecule has 1 rings (SSSR count). The smallest absolute Gasteiger partial charge is 0.128 e. The van der Waals surface area contributed by atoms with Crippen molar-refractivity contribution in [3.63, 3.8) is 0 Å². The first-order valence-corrected chi connectivity index (χ1v) is 8.45. The van der Waals surface area contributed by atoms with E-state index < -0.39 is 0 Å². The van der Waals surface area contributed by atoms with Crippen LogP contribution in [0.3, 0.4) is 0 Å². The maximum absolute atomic E-state index is 10.7. The molecule has 23 heavy (non-hydrogen) atoms. The summed E-state index contributed by atoms with van der Waals surface area (Å²) in [6.45, 7) is 14.8. The van der Waals surface area contributed by atoms with Gasteiger partial charge in [0, 0.05) is 23.9 Å². The Morgan fingerprint density at radius 2 is 1.65 bits per heavy atom. The SMILES string of the molecule is CN(C)CCCN=Cc1cc(C(C)(C)C)cc(C(C)(C)C)c1O. The van der Waals surface area contributed by atoms with E-state index in [1.54, 1.807) is 0 Å². The predicted molar refractivity (Wildman–Crippen MR) is 101 cm³/mol. The van der Waals surface area contributed by atoms with Gasteiger partial charge in [0.2, 0.25) is 0 Å². The van der Waals surface area contributed by atoms with Gasteiger partial charge in [-0.05, 0) is 49.5 Å². The Morgan fingerprint density at radius 3 is 2.13 bits per heavy atom. The van der Waals surface area contributed by atoms with Crippen molar-refractivity contribution < 1.29 is 5.11 Å². The molecule has 130 valence electrons. The maximum atomic E-state index is 10.7. The van der Waals surface area contributed by atoms with Gasteiger partial charge in [-0.2, -0.15) is 0 Å². The molecule has 0 heterocycles. The second kappa shape index (κ2) is 7.48. The number of hydrogen-bond donors (Lipinski definition) is 1. The average Bonchev–Trinajstić information content (AvgIpc) is 2.36. The summed E-state index contributed by atoms with van der Waals surface area (Å²) in [5.41, 5.74) is 2.99. The van der Waals surface area contributed by atoms with Gasteiger partial charge in [0.15, 0.2) is 0 Å². The van der Waals surface area contributed by atoms with Gasteiger partial charge in [0.25, 0.3) is 0 Å². The van der Waals surface area contributed by atoms with Gasteiger partial charge < -0.3 is 10.0 Å². The van der Waals surface area contributed by atoms with Crippen LogP contribution in [0.2, 0.25) is 0 Å². The summed E-state index contributed by atoms with van der Waals surface area (Å²) in [4.78, 5) is 6.67. The third kappa shape index (κ3) is 5.98. The lowest BCUT2D eigenvalue weighted by Gasteiger charge is -2.27. The van der Waals surface area contributed by atoms with Gasteiger partial charge in [-0.15, -0.1) is 0 Å². The molecule has 1 N–H and O–H groups in total. The summed E-state index contributed by atoms with van der Waals surface area (Å²) in [6, 6.07) is 4.21. The summed E-state index contributed by atoms with van der Waals surface area (Å²) in [5.74, 6) is 0.363.